The molecule has 4 rings (SSSR count). The lowest BCUT2D eigenvalue weighted by molar-refractivity contribution is 0.0827. The van der Waals surface area contributed by atoms with E-state index in [1.807, 2.05) is 18.2 Å². The van der Waals surface area contributed by atoms with Gasteiger partial charge in [-0.15, -0.1) is 0 Å². The van der Waals surface area contributed by atoms with Crippen LogP contribution in [0.3, 0.4) is 0 Å². The summed E-state index contributed by atoms with van der Waals surface area (Å²) in [6, 6.07) is 7.47. The standard InChI is InChI=1S/C20H21IN6O/c1-26(2)20(28)12-4-5-16-17(7-12)25-19(24-16)15-6-13(9-23-18(15)22)14-8-21-11-27(3)10-14/h4-10H,11H2,1-3H3,(H2,22,23)(H,24,25). The second kappa shape index (κ2) is 7.34. The van der Waals surface area contributed by atoms with Crippen molar-refractivity contribution >= 4 is 53.1 Å². The van der Waals surface area contributed by atoms with Crippen LogP contribution >= 0.6 is 20.7 Å². The third-order valence-corrected chi connectivity index (χ3v) is 7.04. The van der Waals surface area contributed by atoms with Crippen molar-refractivity contribution in [2.75, 3.05) is 31.4 Å². The maximum atomic E-state index is 12.2. The lowest BCUT2D eigenvalue weighted by Gasteiger charge is -2.17. The van der Waals surface area contributed by atoms with Crippen molar-refractivity contribution in [1.82, 2.24) is 24.8 Å². The molecule has 3 aromatic rings. The van der Waals surface area contributed by atoms with Crippen LogP contribution in [0.15, 0.2) is 36.7 Å². The predicted octanol–water partition coefficient (Wildman–Crippen LogP) is 2.93. The highest BCUT2D eigenvalue weighted by molar-refractivity contribution is 14.2. The van der Waals surface area contributed by atoms with E-state index in [2.05, 4.69) is 37.1 Å². The SMILES string of the molecule is CN1C=C(c2cnc(N)c(-c3nc4ccc(C(=O)N(C)C)cc4[nH]3)c2)C=IC1. The van der Waals surface area contributed by atoms with Gasteiger partial charge in [-0.25, -0.2) is 9.97 Å². The number of nitrogen functional groups attached to an aromatic ring is 1. The number of H-pyrrole nitrogens is 1. The molecule has 0 spiro atoms. The number of halogens is 1. The van der Waals surface area contributed by atoms with E-state index in [9.17, 15) is 4.79 Å². The maximum absolute atomic E-state index is 12.2. The second-order valence-electron chi connectivity index (χ2n) is 6.90. The minimum absolute atomic E-state index is 0.0172. The number of amides is 1. The number of benzene rings is 1. The number of carbonyl (C=O) groups is 1. The van der Waals surface area contributed by atoms with Gasteiger partial charge >= 0.3 is 0 Å². The van der Waals surface area contributed by atoms with Crippen LogP contribution in [0.2, 0.25) is 0 Å². The highest BCUT2D eigenvalue weighted by Crippen LogP contribution is 2.29. The molecule has 144 valence electrons. The summed E-state index contributed by atoms with van der Waals surface area (Å²) in [5.41, 5.74) is 11.3. The van der Waals surface area contributed by atoms with E-state index < -0.39 is 0 Å². The molecule has 0 unspecified atom stereocenters. The highest BCUT2D eigenvalue weighted by Gasteiger charge is 2.15. The van der Waals surface area contributed by atoms with E-state index in [1.54, 1.807) is 31.3 Å². The Labute approximate surface area is 173 Å². The van der Waals surface area contributed by atoms with Crippen molar-refractivity contribution in [2.24, 2.45) is 0 Å². The summed E-state index contributed by atoms with van der Waals surface area (Å²) >= 11 is 0.0172. The number of rotatable bonds is 3. The summed E-state index contributed by atoms with van der Waals surface area (Å²) in [5, 5.41) is 0. The first-order valence-corrected chi connectivity index (χ1v) is 11.5. The molecule has 0 atom stereocenters. The third-order valence-electron chi connectivity index (χ3n) is 4.45. The van der Waals surface area contributed by atoms with Crippen molar-refractivity contribution < 1.29 is 4.79 Å². The number of alkyl halides is 1. The van der Waals surface area contributed by atoms with Crippen molar-refractivity contribution in [3.63, 3.8) is 0 Å². The molecule has 1 aliphatic rings. The third kappa shape index (κ3) is 3.51. The van der Waals surface area contributed by atoms with Gasteiger partial charge in [0.1, 0.15) is 11.6 Å². The number of anilines is 1. The molecule has 28 heavy (non-hydrogen) atoms. The van der Waals surface area contributed by atoms with Gasteiger partial charge < -0.3 is 20.5 Å². The van der Waals surface area contributed by atoms with Crippen LogP contribution < -0.4 is 5.73 Å². The number of aromatic amines is 1. The Hall–Kier alpha value is -2.75. The van der Waals surface area contributed by atoms with Crippen LogP contribution in [0, 0.1) is 0 Å². The molecule has 3 N–H and O–H groups in total. The largest absolute Gasteiger partial charge is 0.383 e. The number of carbonyl (C=O) groups excluding carboxylic acids is 1. The van der Waals surface area contributed by atoms with Gasteiger partial charge in [0.05, 0.1) is 21.1 Å². The van der Waals surface area contributed by atoms with Crippen molar-refractivity contribution in [3.05, 3.63) is 47.8 Å². The molecule has 1 aliphatic heterocycles. The predicted molar refractivity (Wildman–Crippen MR) is 122 cm³/mol. The van der Waals surface area contributed by atoms with Crippen LogP contribution in [0.5, 0.6) is 0 Å². The average Bonchev–Trinajstić information content (AvgIpc) is 3.10. The Kier molecular flexibility index (Phi) is 4.88. The second-order valence-corrected chi connectivity index (χ2v) is 9.08. The first-order valence-electron chi connectivity index (χ1n) is 8.73. The molecule has 0 saturated heterocycles. The maximum Gasteiger partial charge on any atom is 0.253 e. The lowest BCUT2D eigenvalue weighted by atomic mass is 10.1. The molecule has 2 aromatic heterocycles. The van der Waals surface area contributed by atoms with Crippen molar-refractivity contribution in [3.8, 4) is 11.4 Å². The number of hydrogen-bond acceptors (Lipinski definition) is 5. The zero-order valence-electron chi connectivity index (χ0n) is 15.9. The van der Waals surface area contributed by atoms with E-state index in [4.69, 9.17) is 5.73 Å². The van der Waals surface area contributed by atoms with E-state index in [1.165, 1.54) is 5.57 Å². The van der Waals surface area contributed by atoms with E-state index in [0.717, 1.165) is 26.7 Å². The number of nitrogens with two attached hydrogens (primary N) is 1. The van der Waals surface area contributed by atoms with Gasteiger partial charge in [0.25, 0.3) is 5.91 Å². The highest BCUT2D eigenvalue weighted by atomic mass is 127. The van der Waals surface area contributed by atoms with Crippen LogP contribution in [0.1, 0.15) is 15.9 Å². The Balaban J connectivity index is 1.76. The summed E-state index contributed by atoms with van der Waals surface area (Å²) in [6.45, 7) is 0. The van der Waals surface area contributed by atoms with Gasteiger partial charge in [-0.05, 0) is 28.3 Å². The minimum atomic E-state index is -0.0478. The number of nitrogens with one attached hydrogen (secondary N) is 1. The van der Waals surface area contributed by atoms with Gasteiger partial charge in [-0.1, -0.05) is 20.7 Å². The van der Waals surface area contributed by atoms with Crippen molar-refractivity contribution in [2.45, 2.75) is 0 Å². The summed E-state index contributed by atoms with van der Waals surface area (Å²) in [4.78, 5) is 28.3. The topological polar surface area (TPSA) is 91.1 Å². The van der Waals surface area contributed by atoms with Crippen LogP contribution in [0.25, 0.3) is 28.0 Å². The lowest BCUT2D eigenvalue weighted by Crippen LogP contribution is -2.21. The minimum Gasteiger partial charge on any atom is -0.383 e. The van der Waals surface area contributed by atoms with Crippen LogP contribution in [-0.4, -0.2) is 60.4 Å². The molecule has 0 bridgehead atoms. The smallest absolute Gasteiger partial charge is 0.253 e. The molecule has 1 amide bonds. The number of nitrogens with zero attached hydrogens (tertiary/aromatic N) is 4. The molecular formula is C20H21IN6O. The monoisotopic (exact) mass is 488 g/mol. The fraction of sp³-hybridized carbons (Fsp3) is 0.200. The Morgan fingerprint density at radius 2 is 2.14 bits per heavy atom. The van der Waals surface area contributed by atoms with Crippen molar-refractivity contribution in [1.29, 1.82) is 0 Å². The summed E-state index contributed by atoms with van der Waals surface area (Å²) in [5.74, 6) is 1.02. The summed E-state index contributed by atoms with van der Waals surface area (Å²) in [6.07, 6.45) is 3.94. The Bertz CT molecular complexity index is 1130. The Morgan fingerprint density at radius 3 is 2.89 bits per heavy atom. The molecule has 0 aliphatic carbocycles. The number of imidazole rings is 1. The van der Waals surface area contributed by atoms with Gasteiger partial charge in [0, 0.05) is 50.2 Å². The fourth-order valence-corrected chi connectivity index (χ4v) is 5.03. The summed E-state index contributed by atoms with van der Waals surface area (Å²) < 4.78 is 3.43. The number of pyridine rings is 1. The molecule has 0 saturated carbocycles. The van der Waals surface area contributed by atoms with Gasteiger partial charge in [0.15, 0.2) is 0 Å². The normalized spacial score (nSPS) is 14.0. The molecule has 0 radical (unpaired) electrons. The molecule has 8 heteroatoms. The van der Waals surface area contributed by atoms with Gasteiger partial charge in [0.2, 0.25) is 0 Å². The quantitative estimate of drug-likeness (QED) is 0.336. The van der Waals surface area contributed by atoms with Gasteiger partial charge in [-0.3, -0.25) is 4.79 Å². The van der Waals surface area contributed by atoms with E-state index >= 15 is 0 Å². The zero-order valence-corrected chi connectivity index (χ0v) is 18.1. The first kappa shape index (κ1) is 18.6. The van der Waals surface area contributed by atoms with E-state index in [0.29, 0.717) is 17.2 Å². The number of allylic oxidation sites excluding steroid dienone is 1. The fourth-order valence-electron chi connectivity index (χ4n) is 3.02. The summed E-state index contributed by atoms with van der Waals surface area (Å²) in [7, 11) is 5.56. The Morgan fingerprint density at radius 1 is 1.32 bits per heavy atom. The molecule has 1 aromatic carbocycles. The molecule has 7 nitrogen and oxygen atoms in total. The number of hydrogen-bond donors (Lipinski definition) is 2. The average molecular weight is 488 g/mol. The number of aromatic nitrogens is 3. The van der Waals surface area contributed by atoms with Gasteiger partial charge in [-0.2, -0.15) is 0 Å². The van der Waals surface area contributed by atoms with E-state index in [-0.39, 0.29) is 26.6 Å². The van der Waals surface area contributed by atoms with Crippen LogP contribution in [0.4, 0.5) is 5.82 Å². The zero-order chi connectivity index (χ0) is 19.8. The molecule has 0 fully saturated rings. The van der Waals surface area contributed by atoms with Crippen LogP contribution in [-0.2, 0) is 0 Å². The molecule has 3 heterocycles. The first-order chi connectivity index (χ1) is 13.4. The number of fused-ring (bicyclic) bond motifs is 1. The molecular weight excluding hydrogens is 467 g/mol.